The highest BCUT2D eigenvalue weighted by Gasteiger charge is 2.17. The van der Waals surface area contributed by atoms with Crippen molar-refractivity contribution in [2.45, 2.75) is 32.9 Å². The Morgan fingerprint density at radius 1 is 1.29 bits per heavy atom. The molecule has 7 heteroatoms. The summed E-state index contributed by atoms with van der Waals surface area (Å²) >= 11 is 1.49. The second kappa shape index (κ2) is 8.67. The first kappa shape index (κ1) is 18.8. The zero-order chi connectivity index (χ0) is 19.3. The van der Waals surface area contributed by atoms with Crippen LogP contribution in [0, 0.1) is 5.92 Å². The van der Waals surface area contributed by atoms with E-state index in [0.29, 0.717) is 10.7 Å². The van der Waals surface area contributed by atoms with Crippen LogP contribution in [0.15, 0.2) is 48.4 Å². The molecule has 28 heavy (non-hydrogen) atoms. The van der Waals surface area contributed by atoms with Crippen molar-refractivity contribution in [1.29, 1.82) is 0 Å². The third-order valence-corrected chi connectivity index (χ3v) is 5.85. The fourth-order valence-corrected chi connectivity index (χ4v) is 4.31. The van der Waals surface area contributed by atoms with E-state index >= 15 is 0 Å². The molecular formula is C21H25N5OS. The summed E-state index contributed by atoms with van der Waals surface area (Å²) in [6.45, 7) is 6.17. The first-order chi connectivity index (χ1) is 13.7. The first-order valence-corrected chi connectivity index (χ1v) is 10.6. The highest BCUT2D eigenvalue weighted by atomic mass is 32.1. The number of nitrogens with zero attached hydrogens (tertiary/aromatic N) is 4. The van der Waals surface area contributed by atoms with Gasteiger partial charge < -0.3 is 4.57 Å². The predicted molar refractivity (Wildman–Crippen MR) is 112 cm³/mol. The van der Waals surface area contributed by atoms with Crippen LogP contribution in [0.1, 0.15) is 41.4 Å². The Labute approximate surface area is 169 Å². The molecule has 2 aromatic heterocycles. The molecule has 4 rings (SSSR count). The number of imidazole rings is 1. The lowest BCUT2D eigenvalue weighted by molar-refractivity contribution is 0.102. The number of hydrogen-bond donors (Lipinski definition) is 1. The number of rotatable bonds is 6. The molecule has 3 heterocycles. The van der Waals surface area contributed by atoms with Crippen LogP contribution in [0.4, 0.5) is 5.13 Å². The fraction of sp³-hybridized carbons (Fsp3) is 0.381. The standard InChI is InChI=1S/C21H25N5OS/c1-16-3-2-9-25(11-16)13-19-14-28-21(23-19)24-20(27)18-6-4-17(5-7-18)12-26-10-8-22-15-26/h4-8,10,14-16H,2-3,9,11-13H2,1H3,(H,23,24,27). The molecule has 1 saturated heterocycles. The Balaban J connectivity index is 1.32. The fourth-order valence-electron chi connectivity index (χ4n) is 3.62. The van der Waals surface area contributed by atoms with Crippen LogP contribution >= 0.6 is 11.3 Å². The van der Waals surface area contributed by atoms with Crippen molar-refractivity contribution in [3.05, 3.63) is 65.2 Å². The SMILES string of the molecule is CC1CCCN(Cc2csc(NC(=O)c3ccc(Cn4ccnc4)cc3)n2)C1. The lowest BCUT2D eigenvalue weighted by atomic mass is 10.0. The van der Waals surface area contributed by atoms with Crippen molar-refractivity contribution in [2.24, 2.45) is 5.92 Å². The van der Waals surface area contributed by atoms with Crippen molar-refractivity contribution in [1.82, 2.24) is 19.4 Å². The second-order valence-corrected chi connectivity index (χ2v) is 8.37. The molecule has 1 aliphatic heterocycles. The summed E-state index contributed by atoms with van der Waals surface area (Å²) in [6.07, 6.45) is 8.04. The molecular weight excluding hydrogens is 370 g/mol. The number of nitrogens with one attached hydrogen (secondary N) is 1. The van der Waals surface area contributed by atoms with E-state index in [4.69, 9.17) is 0 Å². The van der Waals surface area contributed by atoms with Gasteiger partial charge in [-0.3, -0.25) is 15.0 Å². The molecule has 3 aromatic rings. The maximum atomic E-state index is 12.5. The molecule has 0 bridgehead atoms. The van der Waals surface area contributed by atoms with E-state index < -0.39 is 0 Å². The van der Waals surface area contributed by atoms with E-state index in [1.54, 1.807) is 12.5 Å². The van der Waals surface area contributed by atoms with E-state index in [2.05, 4.69) is 27.1 Å². The maximum absolute atomic E-state index is 12.5. The van der Waals surface area contributed by atoms with E-state index in [1.165, 1.54) is 24.2 Å². The van der Waals surface area contributed by atoms with Gasteiger partial charge >= 0.3 is 0 Å². The van der Waals surface area contributed by atoms with E-state index in [9.17, 15) is 4.79 Å². The number of thiazole rings is 1. The van der Waals surface area contributed by atoms with Gasteiger partial charge in [0, 0.05) is 43.0 Å². The number of carbonyl (C=O) groups excluding carboxylic acids is 1. The van der Waals surface area contributed by atoms with E-state index in [-0.39, 0.29) is 5.91 Å². The third-order valence-electron chi connectivity index (χ3n) is 5.04. The number of benzene rings is 1. The lowest BCUT2D eigenvalue weighted by Gasteiger charge is -2.30. The van der Waals surface area contributed by atoms with Crippen molar-refractivity contribution in [2.75, 3.05) is 18.4 Å². The molecule has 1 fully saturated rings. The first-order valence-electron chi connectivity index (χ1n) is 9.68. The molecule has 1 unspecified atom stereocenters. The number of piperidine rings is 1. The highest BCUT2D eigenvalue weighted by molar-refractivity contribution is 7.13. The van der Waals surface area contributed by atoms with Gasteiger partial charge in [0.25, 0.3) is 5.91 Å². The molecule has 1 aromatic carbocycles. The smallest absolute Gasteiger partial charge is 0.257 e. The quantitative estimate of drug-likeness (QED) is 0.688. The molecule has 0 saturated carbocycles. The van der Waals surface area contributed by atoms with Crippen LogP contribution in [0.5, 0.6) is 0 Å². The van der Waals surface area contributed by atoms with Crippen LogP contribution in [-0.2, 0) is 13.1 Å². The van der Waals surface area contributed by atoms with Gasteiger partial charge in [0.2, 0.25) is 0 Å². The summed E-state index contributed by atoms with van der Waals surface area (Å²) < 4.78 is 2.00. The minimum absolute atomic E-state index is 0.123. The minimum atomic E-state index is -0.123. The summed E-state index contributed by atoms with van der Waals surface area (Å²) in [5.74, 6) is 0.630. The number of likely N-dealkylation sites (tertiary alicyclic amines) is 1. The summed E-state index contributed by atoms with van der Waals surface area (Å²) in [5.41, 5.74) is 2.79. The van der Waals surface area contributed by atoms with Gasteiger partial charge in [-0.05, 0) is 43.0 Å². The van der Waals surface area contributed by atoms with Crippen LogP contribution in [0.3, 0.4) is 0 Å². The van der Waals surface area contributed by atoms with Crippen LogP contribution in [0.2, 0.25) is 0 Å². The molecule has 1 atom stereocenters. The summed E-state index contributed by atoms with van der Waals surface area (Å²) in [7, 11) is 0. The van der Waals surface area contributed by atoms with E-state index in [1.807, 2.05) is 40.4 Å². The highest BCUT2D eigenvalue weighted by Crippen LogP contribution is 2.21. The Kier molecular flexibility index (Phi) is 5.83. The number of hydrogen-bond acceptors (Lipinski definition) is 5. The zero-order valence-corrected chi connectivity index (χ0v) is 16.9. The summed E-state index contributed by atoms with van der Waals surface area (Å²) in [6, 6.07) is 7.65. The number of amides is 1. The number of carbonyl (C=O) groups is 1. The Bertz CT molecular complexity index is 903. The molecule has 6 nitrogen and oxygen atoms in total. The van der Waals surface area contributed by atoms with Gasteiger partial charge in [-0.15, -0.1) is 11.3 Å². The lowest BCUT2D eigenvalue weighted by Crippen LogP contribution is -2.33. The van der Waals surface area contributed by atoms with Crippen LogP contribution in [-0.4, -0.2) is 38.4 Å². The predicted octanol–water partition coefficient (Wildman–Crippen LogP) is 3.87. The average Bonchev–Trinajstić information content (AvgIpc) is 3.34. The normalized spacial score (nSPS) is 17.5. The molecule has 0 spiro atoms. The summed E-state index contributed by atoms with van der Waals surface area (Å²) in [4.78, 5) is 23.6. The molecule has 1 aliphatic rings. The van der Waals surface area contributed by atoms with Crippen molar-refractivity contribution in [3.8, 4) is 0 Å². The van der Waals surface area contributed by atoms with Crippen LogP contribution < -0.4 is 5.32 Å². The average molecular weight is 396 g/mol. The molecule has 1 amide bonds. The zero-order valence-electron chi connectivity index (χ0n) is 16.0. The van der Waals surface area contributed by atoms with Crippen molar-refractivity contribution < 1.29 is 4.79 Å². The second-order valence-electron chi connectivity index (χ2n) is 7.51. The van der Waals surface area contributed by atoms with Crippen LogP contribution in [0.25, 0.3) is 0 Å². The molecule has 0 aliphatic carbocycles. The van der Waals surface area contributed by atoms with Gasteiger partial charge in [-0.2, -0.15) is 0 Å². The van der Waals surface area contributed by atoms with Crippen molar-refractivity contribution in [3.63, 3.8) is 0 Å². The van der Waals surface area contributed by atoms with Gasteiger partial charge in [0.1, 0.15) is 0 Å². The van der Waals surface area contributed by atoms with Gasteiger partial charge in [-0.1, -0.05) is 19.1 Å². The Morgan fingerprint density at radius 2 is 2.14 bits per heavy atom. The number of anilines is 1. The minimum Gasteiger partial charge on any atom is -0.333 e. The Hall–Kier alpha value is -2.51. The van der Waals surface area contributed by atoms with Gasteiger partial charge in [0.05, 0.1) is 12.0 Å². The van der Waals surface area contributed by atoms with Gasteiger partial charge in [-0.25, -0.2) is 9.97 Å². The molecule has 1 N–H and O–H groups in total. The maximum Gasteiger partial charge on any atom is 0.257 e. The van der Waals surface area contributed by atoms with Gasteiger partial charge in [0.15, 0.2) is 5.13 Å². The number of aromatic nitrogens is 3. The molecule has 146 valence electrons. The Morgan fingerprint density at radius 3 is 2.89 bits per heavy atom. The van der Waals surface area contributed by atoms with E-state index in [0.717, 1.165) is 43.4 Å². The largest absolute Gasteiger partial charge is 0.333 e. The monoisotopic (exact) mass is 395 g/mol. The summed E-state index contributed by atoms with van der Waals surface area (Å²) in [5, 5.41) is 5.63. The topological polar surface area (TPSA) is 63.1 Å². The third kappa shape index (κ3) is 4.85. The van der Waals surface area contributed by atoms with Crippen molar-refractivity contribution >= 4 is 22.4 Å². The molecule has 0 radical (unpaired) electrons.